The third-order valence-corrected chi connectivity index (χ3v) is 5.13. The largest absolute Gasteiger partial charge is 0.383 e. The third-order valence-electron chi connectivity index (χ3n) is 4.12. The molecule has 0 saturated carbocycles. The molecular formula is C18H19N5S. The number of benzene rings is 1. The van der Waals surface area contributed by atoms with Crippen molar-refractivity contribution >= 4 is 38.3 Å². The maximum Gasteiger partial charge on any atom is 0.164 e. The fourth-order valence-corrected chi connectivity index (χ4v) is 3.95. The van der Waals surface area contributed by atoms with E-state index >= 15 is 0 Å². The lowest BCUT2D eigenvalue weighted by molar-refractivity contribution is 0.363. The molecule has 0 radical (unpaired) electrons. The van der Waals surface area contributed by atoms with Gasteiger partial charge in [-0.2, -0.15) is 5.10 Å². The Kier molecular flexibility index (Phi) is 3.31. The molecule has 2 N–H and O–H groups in total. The van der Waals surface area contributed by atoms with Gasteiger partial charge >= 0.3 is 0 Å². The summed E-state index contributed by atoms with van der Waals surface area (Å²) in [7, 11) is 0. The van der Waals surface area contributed by atoms with E-state index in [1.54, 1.807) is 11.3 Å². The van der Waals surface area contributed by atoms with E-state index in [1.165, 1.54) is 22.0 Å². The average Bonchev–Trinajstić information content (AvgIpc) is 3.11. The molecule has 0 fully saturated rings. The van der Waals surface area contributed by atoms with Crippen molar-refractivity contribution in [3.63, 3.8) is 0 Å². The minimum absolute atomic E-state index is 0.173. The number of thiophene rings is 1. The second kappa shape index (κ2) is 5.27. The zero-order chi connectivity index (χ0) is 16.9. The van der Waals surface area contributed by atoms with Crippen LogP contribution in [0.1, 0.15) is 32.0 Å². The standard InChI is InChI=1S/C18H19N5S/c1-18(2,3)23-17-15(16(19)20-10-21-17)13(22-23)8-11-9-24-14-7-5-4-6-12(11)14/h4-7,9-10H,8H2,1-3H3,(H2,19,20,21). The first-order chi connectivity index (χ1) is 11.4. The molecule has 0 unspecified atom stereocenters. The normalized spacial score (nSPS) is 12.3. The molecule has 122 valence electrons. The Morgan fingerprint density at radius 1 is 1.17 bits per heavy atom. The van der Waals surface area contributed by atoms with Crippen LogP contribution in [-0.2, 0) is 12.0 Å². The smallest absolute Gasteiger partial charge is 0.164 e. The number of nitrogen functional groups attached to an aromatic ring is 1. The molecule has 4 aromatic rings. The van der Waals surface area contributed by atoms with Gasteiger partial charge in [-0.05, 0) is 43.2 Å². The summed E-state index contributed by atoms with van der Waals surface area (Å²) in [6.07, 6.45) is 2.23. The highest BCUT2D eigenvalue weighted by Crippen LogP contribution is 2.31. The lowest BCUT2D eigenvalue weighted by atomic mass is 10.1. The van der Waals surface area contributed by atoms with Gasteiger partial charge in [0.15, 0.2) is 5.65 Å². The summed E-state index contributed by atoms with van der Waals surface area (Å²) in [5.74, 6) is 0.491. The highest BCUT2D eigenvalue weighted by Gasteiger charge is 2.23. The average molecular weight is 337 g/mol. The van der Waals surface area contributed by atoms with E-state index in [1.807, 2.05) is 4.68 Å². The van der Waals surface area contributed by atoms with Crippen molar-refractivity contribution < 1.29 is 0 Å². The summed E-state index contributed by atoms with van der Waals surface area (Å²) in [5.41, 5.74) is 8.97. The molecule has 24 heavy (non-hydrogen) atoms. The van der Waals surface area contributed by atoms with Crippen LogP contribution in [0.15, 0.2) is 36.0 Å². The molecular weight excluding hydrogens is 318 g/mol. The van der Waals surface area contributed by atoms with Crippen molar-refractivity contribution in [2.75, 3.05) is 5.73 Å². The number of aromatic nitrogens is 4. The van der Waals surface area contributed by atoms with Crippen LogP contribution < -0.4 is 5.73 Å². The van der Waals surface area contributed by atoms with Crippen LogP contribution in [0.4, 0.5) is 5.82 Å². The van der Waals surface area contributed by atoms with Crippen molar-refractivity contribution in [2.45, 2.75) is 32.7 Å². The number of hydrogen-bond donors (Lipinski definition) is 1. The second-order valence-corrected chi connectivity index (χ2v) is 7.83. The summed E-state index contributed by atoms with van der Waals surface area (Å²) >= 11 is 1.76. The fraction of sp³-hybridized carbons (Fsp3) is 0.278. The fourth-order valence-electron chi connectivity index (χ4n) is 2.99. The van der Waals surface area contributed by atoms with Gasteiger partial charge in [-0.15, -0.1) is 11.3 Å². The third kappa shape index (κ3) is 2.34. The summed E-state index contributed by atoms with van der Waals surface area (Å²) in [5, 5.41) is 9.18. The number of nitrogens with zero attached hydrogens (tertiary/aromatic N) is 4. The maximum atomic E-state index is 6.15. The van der Waals surface area contributed by atoms with Gasteiger partial charge in [0.25, 0.3) is 0 Å². The van der Waals surface area contributed by atoms with Gasteiger partial charge < -0.3 is 5.73 Å². The van der Waals surface area contributed by atoms with E-state index < -0.39 is 0 Å². The van der Waals surface area contributed by atoms with E-state index in [0.29, 0.717) is 5.82 Å². The Morgan fingerprint density at radius 3 is 2.75 bits per heavy atom. The van der Waals surface area contributed by atoms with Gasteiger partial charge in [0.1, 0.15) is 12.1 Å². The lowest BCUT2D eigenvalue weighted by Gasteiger charge is -2.19. The van der Waals surface area contributed by atoms with E-state index in [2.05, 4.69) is 60.4 Å². The van der Waals surface area contributed by atoms with Gasteiger partial charge in [0.2, 0.25) is 0 Å². The Balaban J connectivity index is 1.91. The van der Waals surface area contributed by atoms with E-state index in [0.717, 1.165) is 23.1 Å². The Hall–Kier alpha value is -2.47. The number of nitrogens with two attached hydrogens (primary N) is 1. The van der Waals surface area contributed by atoms with Gasteiger partial charge in [-0.1, -0.05) is 18.2 Å². The molecule has 5 nitrogen and oxygen atoms in total. The molecule has 3 aromatic heterocycles. The van der Waals surface area contributed by atoms with Crippen LogP contribution in [0.5, 0.6) is 0 Å². The van der Waals surface area contributed by atoms with Crippen molar-refractivity contribution in [1.82, 2.24) is 19.7 Å². The quantitative estimate of drug-likeness (QED) is 0.601. The first-order valence-electron chi connectivity index (χ1n) is 7.89. The van der Waals surface area contributed by atoms with Crippen LogP contribution in [0, 0.1) is 0 Å². The van der Waals surface area contributed by atoms with E-state index in [4.69, 9.17) is 10.8 Å². The summed E-state index contributed by atoms with van der Waals surface area (Å²) in [6.45, 7) is 6.34. The molecule has 0 amide bonds. The van der Waals surface area contributed by atoms with Crippen molar-refractivity contribution in [3.05, 3.63) is 47.2 Å². The van der Waals surface area contributed by atoms with Crippen LogP contribution in [0.3, 0.4) is 0 Å². The second-order valence-electron chi connectivity index (χ2n) is 6.92. The molecule has 6 heteroatoms. The maximum absolute atomic E-state index is 6.15. The van der Waals surface area contributed by atoms with Crippen molar-refractivity contribution in [3.8, 4) is 0 Å². The summed E-state index contributed by atoms with van der Waals surface area (Å²) in [6, 6.07) is 8.44. The molecule has 4 rings (SSSR count). The molecule has 1 aromatic carbocycles. The number of rotatable bonds is 2. The summed E-state index contributed by atoms with van der Waals surface area (Å²) < 4.78 is 3.24. The minimum atomic E-state index is -0.173. The topological polar surface area (TPSA) is 69.6 Å². The monoisotopic (exact) mass is 337 g/mol. The molecule has 3 heterocycles. The molecule has 0 aliphatic carbocycles. The first-order valence-corrected chi connectivity index (χ1v) is 8.77. The highest BCUT2D eigenvalue weighted by molar-refractivity contribution is 7.17. The van der Waals surface area contributed by atoms with Crippen LogP contribution >= 0.6 is 11.3 Å². The molecule has 0 atom stereocenters. The number of fused-ring (bicyclic) bond motifs is 2. The Morgan fingerprint density at radius 2 is 1.96 bits per heavy atom. The van der Waals surface area contributed by atoms with Gasteiger partial charge in [-0.25, -0.2) is 14.6 Å². The minimum Gasteiger partial charge on any atom is -0.383 e. The Bertz CT molecular complexity index is 1040. The molecule has 0 spiro atoms. The zero-order valence-corrected chi connectivity index (χ0v) is 14.8. The SMILES string of the molecule is CC(C)(C)n1nc(Cc2csc3ccccc23)c2c(N)ncnc21. The van der Waals surface area contributed by atoms with E-state index in [9.17, 15) is 0 Å². The van der Waals surface area contributed by atoms with Crippen LogP contribution in [-0.4, -0.2) is 19.7 Å². The molecule has 0 aliphatic heterocycles. The number of anilines is 1. The van der Waals surface area contributed by atoms with Crippen LogP contribution in [0.2, 0.25) is 0 Å². The molecule has 0 bridgehead atoms. The highest BCUT2D eigenvalue weighted by atomic mass is 32.1. The van der Waals surface area contributed by atoms with Crippen LogP contribution in [0.25, 0.3) is 21.1 Å². The van der Waals surface area contributed by atoms with Gasteiger partial charge in [0, 0.05) is 11.1 Å². The molecule has 0 saturated heterocycles. The predicted octanol–water partition coefficient (Wildman–Crippen LogP) is 3.97. The predicted molar refractivity (Wildman–Crippen MR) is 99.4 cm³/mol. The lowest BCUT2D eigenvalue weighted by Crippen LogP contribution is -2.23. The van der Waals surface area contributed by atoms with Crippen molar-refractivity contribution in [1.29, 1.82) is 0 Å². The first kappa shape index (κ1) is 15.1. The zero-order valence-electron chi connectivity index (χ0n) is 13.9. The Labute approximate surface area is 144 Å². The number of hydrogen-bond acceptors (Lipinski definition) is 5. The van der Waals surface area contributed by atoms with Gasteiger partial charge in [-0.3, -0.25) is 0 Å². The molecule has 0 aliphatic rings. The van der Waals surface area contributed by atoms with Gasteiger partial charge in [0.05, 0.1) is 16.6 Å². The summed E-state index contributed by atoms with van der Waals surface area (Å²) in [4.78, 5) is 8.60. The van der Waals surface area contributed by atoms with Crippen molar-refractivity contribution in [2.24, 2.45) is 0 Å². The van der Waals surface area contributed by atoms with E-state index in [-0.39, 0.29) is 5.54 Å².